The van der Waals surface area contributed by atoms with E-state index in [1.165, 1.54) is 186 Å². The zero-order valence-electron chi connectivity index (χ0n) is 41.2. The van der Waals surface area contributed by atoms with Gasteiger partial charge in [0.15, 0.2) is 6.10 Å². The topological polar surface area (TPSA) is 61.8 Å². The third-order valence-electron chi connectivity index (χ3n) is 11.9. The standard InChI is InChI=1S/C56H104O5/c1-4-7-10-13-16-19-22-25-27-29-30-32-35-37-40-43-46-49-55(57)60-53-54(61-56(58)50-47-44-41-38-34-24-21-18-15-12-9-6-3)52-59-51-48-45-42-39-36-33-31-28-26-23-20-17-14-11-8-5-2/h16,19,25,27,30,32,54H,4-15,17-18,20-24,26,28-29,31,33-53H2,1-3H3/b19-16-,27-25-,32-30-/t54-/m1/s1. The van der Waals surface area contributed by atoms with Gasteiger partial charge in [0.2, 0.25) is 0 Å². The average Bonchev–Trinajstić information content (AvgIpc) is 3.26. The second-order valence-corrected chi connectivity index (χ2v) is 18.1. The van der Waals surface area contributed by atoms with Gasteiger partial charge in [-0.3, -0.25) is 9.59 Å². The number of rotatable bonds is 50. The lowest BCUT2D eigenvalue weighted by atomic mass is 10.0. The molecule has 0 amide bonds. The summed E-state index contributed by atoms with van der Waals surface area (Å²) in [6.07, 6.45) is 62.9. The fourth-order valence-electron chi connectivity index (χ4n) is 7.87. The average molecular weight is 857 g/mol. The fourth-order valence-corrected chi connectivity index (χ4v) is 7.87. The van der Waals surface area contributed by atoms with Crippen molar-refractivity contribution in [3.63, 3.8) is 0 Å². The summed E-state index contributed by atoms with van der Waals surface area (Å²) in [6.45, 7) is 7.83. The van der Waals surface area contributed by atoms with Gasteiger partial charge in [-0.25, -0.2) is 0 Å². The van der Waals surface area contributed by atoms with E-state index in [4.69, 9.17) is 14.2 Å². The SMILES string of the molecule is CCCCC/C=C\C/C=C\C/C=C\CCCCCCC(=O)OC[C@@H](COCCCCCCCCCCCCCCCCCC)OC(=O)CCCCCCCCCCCCCC. The van der Waals surface area contributed by atoms with Crippen LogP contribution >= 0.6 is 0 Å². The van der Waals surface area contributed by atoms with Crippen molar-refractivity contribution in [1.29, 1.82) is 0 Å². The van der Waals surface area contributed by atoms with Gasteiger partial charge >= 0.3 is 11.9 Å². The summed E-state index contributed by atoms with van der Waals surface area (Å²) in [7, 11) is 0. The van der Waals surface area contributed by atoms with Crippen molar-refractivity contribution in [1.82, 2.24) is 0 Å². The van der Waals surface area contributed by atoms with Crippen LogP contribution in [0.15, 0.2) is 36.5 Å². The number of ether oxygens (including phenoxy) is 3. The van der Waals surface area contributed by atoms with Crippen LogP contribution in [0.1, 0.15) is 284 Å². The van der Waals surface area contributed by atoms with Crippen LogP contribution in [0.2, 0.25) is 0 Å². The largest absolute Gasteiger partial charge is 0.462 e. The van der Waals surface area contributed by atoms with Crippen molar-refractivity contribution < 1.29 is 23.8 Å². The Morgan fingerprint density at radius 1 is 0.361 bits per heavy atom. The molecule has 0 N–H and O–H groups in total. The predicted octanol–water partition coefficient (Wildman–Crippen LogP) is 18.2. The molecule has 61 heavy (non-hydrogen) atoms. The first-order chi connectivity index (χ1) is 30.1. The zero-order chi connectivity index (χ0) is 44.2. The lowest BCUT2D eigenvalue weighted by molar-refractivity contribution is -0.163. The molecule has 0 heterocycles. The van der Waals surface area contributed by atoms with Gasteiger partial charge < -0.3 is 14.2 Å². The summed E-state index contributed by atoms with van der Waals surface area (Å²) >= 11 is 0. The van der Waals surface area contributed by atoms with E-state index in [9.17, 15) is 9.59 Å². The number of carbonyl (C=O) groups is 2. The molecular formula is C56H104O5. The summed E-state index contributed by atoms with van der Waals surface area (Å²) < 4.78 is 17.4. The third kappa shape index (κ3) is 50.6. The Bertz CT molecular complexity index is 970. The lowest BCUT2D eigenvalue weighted by Crippen LogP contribution is -2.30. The van der Waals surface area contributed by atoms with Gasteiger partial charge in [0.25, 0.3) is 0 Å². The van der Waals surface area contributed by atoms with Crippen LogP contribution in [0, 0.1) is 0 Å². The number of esters is 2. The van der Waals surface area contributed by atoms with Crippen molar-refractivity contribution in [2.45, 2.75) is 290 Å². The molecule has 5 nitrogen and oxygen atoms in total. The molecule has 0 aromatic carbocycles. The van der Waals surface area contributed by atoms with Crippen molar-refractivity contribution in [2.24, 2.45) is 0 Å². The molecule has 0 unspecified atom stereocenters. The lowest BCUT2D eigenvalue weighted by Gasteiger charge is -2.18. The maximum absolute atomic E-state index is 12.8. The highest BCUT2D eigenvalue weighted by Gasteiger charge is 2.17. The van der Waals surface area contributed by atoms with E-state index in [0.717, 1.165) is 64.2 Å². The number of hydrogen-bond acceptors (Lipinski definition) is 5. The molecule has 0 aliphatic carbocycles. The first-order valence-electron chi connectivity index (χ1n) is 27.0. The van der Waals surface area contributed by atoms with Crippen LogP contribution in [0.4, 0.5) is 0 Å². The van der Waals surface area contributed by atoms with Gasteiger partial charge in [-0.05, 0) is 57.8 Å². The minimum absolute atomic E-state index is 0.0798. The van der Waals surface area contributed by atoms with Gasteiger partial charge in [0, 0.05) is 19.4 Å². The number of unbranched alkanes of at least 4 members (excludes halogenated alkanes) is 33. The first-order valence-corrected chi connectivity index (χ1v) is 27.0. The second-order valence-electron chi connectivity index (χ2n) is 18.1. The summed E-state index contributed by atoms with van der Waals surface area (Å²) in [5.41, 5.74) is 0. The summed E-state index contributed by atoms with van der Waals surface area (Å²) in [6, 6.07) is 0. The molecule has 0 spiro atoms. The van der Waals surface area contributed by atoms with Crippen LogP contribution in [0.5, 0.6) is 0 Å². The van der Waals surface area contributed by atoms with E-state index >= 15 is 0 Å². The van der Waals surface area contributed by atoms with E-state index in [1.807, 2.05) is 0 Å². The van der Waals surface area contributed by atoms with Crippen LogP contribution in [-0.2, 0) is 23.8 Å². The van der Waals surface area contributed by atoms with Crippen molar-refractivity contribution in [3.8, 4) is 0 Å². The monoisotopic (exact) mass is 857 g/mol. The van der Waals surface area contributed by atoms with E-state index in [2.05, 4.69) is 57.2 Å². The third-order valence-corrected chi connectivity index (χ3v) is 11.9. The van der Waals surface area contributed by atoms with Gasteiger partial charge in [-0.1, -0.05) is 250 Å². The first kappa shape index (κ1) is 59.1. The normalized spacial score (nSPS) is 12.4. The van der Waals surface area contributed by atoms with Crippen molar-refractivity contribution in [3.05, 3.63) is 36.5 Å². The maximum atomic E-state index is 12.8. The molecule has 1 atom stereocenters. The molecular weight excluding hydrogens is 753 g/mol. The molecule has 0 saturated carbocycles. The number of carbonyl (C=O) groups excluding carboxylic acids is 2. The van der Waals surface area contributed by atoms with E-state index < -0.39 is 6.10 Å². The highest BCUT2D eigenvalue weighted by atomic mass is 16.6. The molecule has 0 aromatic heterocycles. The van der Waals surface area contributed by atoms with Gasteiger partial charge in [0.1, 0.15) is 6.61 Å². The quantitative estimate of drug-likeness (QED) is 0.0346. The predicted molar refractivity (Wildman–Crippen MR) is 265 cm³/mol. The number of allylic oxidation sites excluding steroid dienone is 6. The van der Waals surface area contributed by atoms with E-state index in [1.54, 1.807) is 0 Å². The Labute approximate surface area is 380 Å². The summed E-state index contributed by atoms with van der Waals surface area (Å²) in [5.74, 6) is -0.406. The Kier molecular flexibility index (Phi) is 50.8. The highest BCUT2D eigenvalue weighted by Crippen LogP contribution is 2.16. The Morgan fingerprint density at radius 2 is 0.689 bits per heavy atom. The molecule has 0 aliphatic rings. The molecule has 358 valence electrons. The molecule has 0 bridgehead atoms. The minimum atomic E-state index is -0.538. The van der Waals surface area contributed by atoms with Crippen LogP contribution in [-0.4, -0.2) is 37.9 Å². The van der Waals surface area contributed by atoms with Gasteiger partial charge in [0.05, 0.1) is 6.61 Å². The van der Waals surface area contributed by atoms with Gasteiger partial charge in [-0.15, -0.1) is 0 Å². The molecule has 0 saturated heterocycles. The summed E-state index contributed by atoms with van der Waals surface area (Å²) in [5, 5.41) is 0. The Hall–Kier alpha value is -1.88. The zero-order valence-corrected chi connectivity index (χ0v) is 41.2. The van der Waals surface area contributed by atoms with Crippen molar-refractivity contribution >= 4 is 11.9 Å². The second kappa shape index (κ2) is 52.5. The fraction of sp³-hybridized carbons (Fsp3) is 0.857. The highest BCUT2D eigenvalue weighted by molar-refractivity contribution is 5.70. The molecule has 0 radical (unpaired) electrons. The van der Waals surface area contributed by atoms with Gasteiger partial charge in [-0.2, -0.15) is 0 Å². The van der Waals surface area contributed by atoms with Crippen LogP contribution < -0.4 is 0 Å². The Morgan fingerprint density at radius 3 is 1.13 bits per heavy atom. The molecule has 0 fully saturated rings. The maximum Gasteiger partial charge on any atom is 0.306 e. The van der Waals surface area contributed by atoms with Crippen LogP contribution in [0.25, 0.3) is 0 Å². The molecule has 0 aromatic rings. The van der Waals surface area contributed by atoms with Crippen molar-refractivity contribution in [2.75, 3.05) is 19.8 Å². The van der Waals surface area contributed by atoms with E-state index in [0.29, 0.717) is 19.4 Å². The minimum Gasteiger partial charge on any atom is -0.462 e. The molecule has 0 aliphatic heterocycles. The summed E-state index contributed by atoms with van der Waals surface area (Å²) in [4.78, 5) is 25.4. The van der Waals surface area contributed by atoms with Crippen LogP contribution in [0.3, 0.4) is 0 Å². The number of hydrogen-bond donors (Lipinski definition) is 0. The molecule has 0 rings (SSSR count). The van der Waals surface area contributed by atoms with E-state index in [-0.39, 0.29) is 25.2 Å². The smallest absolute Gasteiger partial charge is 0.306 e. The Balaban J connectivity index is 4.25. The molecule has 5 heteroatoms.